The Bertz CT molecular complexity index is 1270. The Morgan fingerprint density at radius 2 is 1.80 bits per heavy atom. The molecule has 4 rings (SSSR count). The second-order valence-corrected chi connectivity index (χ2v) is 12.9. The molecule has 0 spiro atoms. The van der Waals surface area contributed by atoms with Crippen molar-refractivity contribution in [3.8, 4) is 11.1 Å². The molecule has 1 aliphatic carbocycles. The van der Waals surface area contributed by atoms with Crippen LogP contribution in [0.15, 0.2) is 47.4 Å². The van der Waals surface area contributed by atoms with E-state index in [2.05, 4.69) is 0 Å². The van der Waals surface area contributed by atoms with E-state index in [9.17, 15) is 19.5 Å². The molecule has 41 heavy (non-hydrogen) atoms. The number of pyridine rings is 1. The number of amides is 2. The number of ether oxygens (including phenoxy) is 1. The molecule has 2 aliphatic rings. The quantitative estimate of drug-likeness (QED) is 0.486. The second kappa shape index (κ2) is 12.9. The number of aliphatic hydroxyl groups is 1. The molecule has 2 fully saturated rings. The van der Waals surface area contributed by atoms with Crippen molar-refractivity contribution in [2.45, 2.75) is 70.9 Å². The van der Waals surface area contributed by atoms with Crippen LogP contribution in [0.25, 0.3) is 11.1 Å². The zero-order chi connectivity index (χ0) is 29.8. The summed E-state index contributed by atoms with van der Waals surface area (Å²) >= 11 is 0. The van der Waals surface area contributed by atoms with E-state index in [1.807, 2.05) is 49.1 Å². The molecule has 1 saturated heterocycles. The third kappa shape index (κ3) is 6.92. The predicted octanol–water partition coefficient (Wildman–Crippen LogP) is 4.44. The molecule has 2 aromatic rings. The van der Waals surface area contributed by atoms with Gasteiger partial charge in [-0.15, -0.1) is 0 Å². The van der Waals surface area contributed by atoms with Crippen molar-refractivity contribution < 1.29 is 19.4 Å². The molecular formula is C33H47N3O5. The minimum absolute atomic E-state index is 0.0349. The minimum atomic E-state index is -1.25. The monoisotopic (exact) mass is 565 g/mol. The van der Waals surface area contributed by atoms with E-state index in [1.165, 1.54) is 47.6 Å². The topological polar surface area (TPSA) is 92.1 Å². The average Bonchev–Trinajstić information content (AvgIpc) is 2.95. The van der Waals surface area contributed by atoms with Crippen LogP contribution < -0.4 is 5.56 Å². The van der Waals surface area contributed by atoms with Gasteiger partial charge in [-0.25, -0.2) is 0 Å². The van der Waals surface area contributed by atoms with E-state index >= 15 is 0 Å². The molecule has 8 heteroatoms. The Labute approximate surface area is 244 Å². The first-order chi connectivity index (χ1) is 19.5. The molecule has 8 nitrogen and oxygen atoms in total. The summed E-state index contributed by atoms with van der Waals surface area (Å²) in [6, 6.07) is 10.9. The van der Waals surface area contributed by atoms with Gasteiger partial charge in [0.1, 0.15) is 0 Å². The fourth-order valence-electron chi connectivity index (χ4n) is 6.61. The minimum Gasteiger partial charge on any atom is -0.387 e. The molecule has 1 aromatic carbocycles. The van der Waals surface area contributed by atoms with Gasteiger partial charge in [-0.1, -0.05) is 76.3 Å². The first-order valence-electron chi connectivity index (χ1n) is 15.0. The summed E-state index contributed by atoms with van der Waals surface area (Å²) in [6.45, 7) is 5.13. The van der Waals surface area contributed by atoms with E-state index in [4.69, 9.17) is 4.74 Å². The summed E-state index contributed by atoms with van der Waals surface area (Å²) in [5.41, 5.74) is -0.465. The number of methoxy groups -OCH3 is 1. The van der Waals surface area contributed by atoms with Gasteiger partial charge in [-0.05, 0) is 24.3 Å². The van der Waals surface area contributed by atoms with Crippen molar-refractivity contribution in [3.63, 3.8) is 0 Å². The molecule has 1 N–H and O–H groups in total. The van der Waals surface area contributed by atoms with Crippen LogP contribution in [0.5, 0.6) is 0 Å². The van der Waals surface area contributed by atoms with Crippen molar-refractivity contribution in [2.24, 2.45) is 17.3 Å². The van der Waals surface area contributed by atoms with E-state index in [-0.39, 0.29) is 29.8 Å². The Kier molecular flexibility index (Phi) is 9.75. The molecule has 1 aromatic heterocycles. The number of carbonyl (C=O) groups is 2. The van der Waals surface area contributed by atoms with Crippen molar-refractivity contribution in [3.05, 3.63) is 58.5 Å². The number of hydrogen-bond acceptors (Lipinski definition) is 5. The maximum absolute atomic E-state index is 13.7. The normalized spacial score (nSPS) is 21.9. The van der Waals surface area contributed by atoms with Crippen LogP contribution in [0.2, 0.25) is 0 Å². The van der Waals surface area contributed by atoms with Crippen LogP contribution in [-0.2, 0) is 16.1 Å². The molecule has 2 atom stereocenters. The lowest BCUT2D eigenvalue weighted by Crippen LogP contribution is -2.61. The molecular weight excluding hydrogens is 518 g/mol. The zero-order valence-electron chi connectivity index (χ0n) is 25.4. The molecule has 0 bridgehead atoms. The number of rotatable bonds is 9. The summed E-state index contributed by atoms with van der Waals surface area (Å²) in [6.07, 6.45) is 8.85. The lowest BCUT2D eigenvalue weighted by molar-refractivity contribution is -0.159. The SMILES string of the molecule is COC[C@H](CC1CCCCC1)C(=O)N1CC[C@](O)(Cn2cc(C(=O)N(C)C)c(-c3ccccc3)cc2=O)C(C)(C)C1. The highest BCUT2D eigenvalue weighted by Crippen LogP contribution is 2.41. The van der Waals surface area contributed by atoms with E-state index in [0.717, 1.165) is 12.0 Å². The van der Waals surface area contributed by atoms with Crippen LogP contribution in [0.4, 0.5) is 0 Å². The van der Waals surface area contributed by atoms with Crippen LogP contribution >= 0.6 is 0 Å². The number of aromatic nitrogens is 1. The van der Waals surface area contributed by atoms with Gasteiger partial charge < -0.3 is 24.2 Å². The second-order valence-electron chi connectivity index (χ2n) is 12.9. The Balaban J connectivity index is 1.56. The van der Waals surface area contributed by atoms with Gasteiger partial charge >= 0.3 is 0 Å². The Morgan fingerprint density at radius 1 is 1.12 bits per heavy atom. The summed E-state index contributed by atoms with van der Waals surface area (Å²) in [7, 11) is 5.01. The first kappa shape index (κ1) is 31.0. The summed E-state index contributed by atoms with van der Waals surface area (Å²) in [4.78, 5) is 43.6. The van der Waals surface area contributed by atoms with Crippen LogP contribution in [0, 0.1) is 17.3 Å². The number of piperidine rings is 1. The number of benzene rings is 1. The van der Waals surface area contributed by atoms with E-state index < -0.39 is 11.0 Å². The maximum Gasteiger partial charge on any atom is 0.255 e. The standard InChI is InChI=1S/C33H47N3O5/c1-32(2)22-35(30(38)26(21-41-5)18-24-12-8-6-9-13-24)17-16-33(32,40)23-36-20-28(31(39)34(3)4)27(19-29(36)37)25-14-10-7-11-15-25/h7,10-11,14-15,19-20,24,26,40H,6,8-9,12-13,16-18,21-23H2,1-5H3/t26-,33-/m0/s1. The van der Waals surface area contributed by atoms with E-state index in [1.54, 1.807) is 27.4 Å². The highest BCUT2D eigenvalue weighted by Gasteiger charge is 2.49. The smallest absolute Gasteiger partial charge is 0.255 e. The highest BCUT2D eigenvalue weighted by molar-refractivity contribution is 6.00. The van der Waals surface area contributed by atoms with Crippen molar-refractivity contribution in [2.75, 3.05) is 40.9 Å². The van der Waals surface area contributed by atoms with Crippen molar-refractivity contribution >= 4 is 11.8 Å². The molecule has 1 aliphatic heterocycles. The van der Waals surface area contributed by atoms with Crippen LogP contribution in [0.1, 0.15) is 69.2 Å². The lowest BCUT2D eigenvalue weighted by Gasteiger charge is -2.51. The zero-order valence-corrected chi connectivity index (χ0v) is 25.4. The molecule has 1 saturated carbocycles. The number of hydrogen-bond donors (Lipinski definition) is 1. The van der Waals surface area contributed by atoms with Gasteiger partial charge in [0.05, 0.1) is 30.2 Å². The van der Waals surface area contributed by atoms with Crippen LogP contribution in [0.3, 0.4) is 0 Å². The third-order valence-electron chi connectivity index (χ3n) is 9.29. The maximum atomic E-state index is 13.7. The van der Waals surface area contributed by atoms with E-state index in [0.29, 0.717) is 43.2 Å². The molecule has 0 unspecified atom stereocenters. The van der Waals surface area contributed by atoms with Gasteiger partial charge in [-0.2, -0.15) is 0 Å². The largest absolute Gasteiger partial charge is 0.387 e. The summed E-state index contributed by atoms with van der Waals surface area (Å²) < 4.78 is 6.92. The van der Waals surface area contributed by atoms with Gasteiger partial charge in [0.2, 0.25) is 5.91 Å². The fourth-order valence-corrected chi connectivity index (χ4v) is 6.61. The van der Waals surface area contributed by atoms with Crippen molar-refractivity contribution in [1.82, 2.24) is 14.4 Å². The number of carbonyl (C=O) groups excluding carboxylic acids is 2. The average molecular weight is 566 g/mol. The van der Waals surface area contributed by atoms with Crippen molar-refractivity contribution in [1.29, 1.82) is 0 Å². The number of likely N-dealkylation sites (tertiary alicyclic amines) is 1. The summed E-state index contributed by atoms with van der Waals surface area (Å²) in [5, 5.41) is 12.0. The number of nitrogens with zero attached hydrogens (tertiary/aromatic N) is 3. The first-order valence-corrected chi connectivity index (χ1v) is 15.0. The molecule has 0 radical (unpaired) electrons. The van der Waals surface area contributed by atoms with Gasteiger partial charge in [0, 0.05) is 57.5 Å². The van der Waals surface area contributed by atoms with Gasteiger partial charge in [0.15, 0.2) is 0 Å². The van der Waals surface area contributed by atoms with Gasteiger partial charge in [0.25, 0.3) is 11.5 Å². The lowest BCUT2D eigenvalue weighted by atomic mass is 9.69. The van der Waals surface area contributed by atoms with Gasteiger partial charge in [-0.3, -0.25) is 14.4 Å². The summed E-state index contributed by atoms with van der Waals surface area (Å²) in [5.74, 6) is 0.257. The Hall–Kier alpha value is -2.97. The Morgan fingerprint density at radius 3 is 2.41 bits per heavy atom. The van der Waals surface area contributed by atoms with Crippen LogP contribution in [-0.4, -0.2) is 77.8 Å². The molecule has 224 valence electrons. The third-order valence-corrected chi connectivity index (χ3v) is 9.29. The predicted molar refractivity (Wildman–Crippen MR) is 161 cm³/mol. The molecule has 2 amide bonds. The fraction of sp³-hybridized carbons (Fsp3) is 0.606. The highest BCUT2D eigenvalue weighted by atomic mass is 16.5. The molecule has 2 heterocycles.